The molecule has 0 radical (unpaired) electrons. The van der Waals surface area contributed by atoms with E-state index >= 15 is 0 Å². The van der Waals surface area contributed by atoms with Crippen LogP contribution in [0.5, 0.6) is 0 Å². The lowest BCUT2D eigenvalue weighted by molar-refractivity contribution is 0.687. The molecule has 5 heteroatoms. The molecule has 0 saturated carbocycles. The Balaban J connectivity index is 1.95. The number of benzene rings is 1. The summed E-state index contributed by atoms with van der Waals surface area (Å²) in [6.45, 7) is 0.613. The van der Waals surface area contributed by atoms with Crippen molar-refractivity contribution in [3.63, 3.8) is 0 Å². The van der Waals surface area contributed by atoms with Gasteiger partial charge in [-0.2, -0.15) is 0 Å². The minimum Gasteiger partial charge on any atom is -0.326 e. The van der Waals surface area contributed by atoms with Gasteiger partial charge >= 0.3 is 0 Å². The van der Waals surface area contributed by atoms with Crippen molar-refractivity contribution in [3.8, 4) is 0 Å². The Morgan fingerprint density at radius 1 is 1.22 bits per heavy atom. The molecule has 1 heterocycles. The van der Waals surface area contributed by atoms with Crippen LogP contribution in [-0.4, -0.2) is 10.5 Å². The van der Waals surface area contributed by atoms with Crippen LogP contribution in [0.1, 0.15) is 10.4 Å². The molecule has 96 valence electrons. The third-order valence-corrected chi connectivity index (χ3v) is 5.81. The first-order chi connectivity index (χ1) is 8.69. The Morgan fingerprint density at radius 2 is 1.94 bits per heavy atom. The van der Waals surface area contributed by atoms with Crippen LogP contribution in [0.25, 0.3) is 0 Å². The third kappa shape index (κ3) is 3.68. The lowest BCUT2D eigenvalue weighted by atomic mass is 10.2. The Bertz CT molecular complexity index is 533. The predicted octanol–water partition coefficient (Wildman–Crippen LogP) is 3.24. The molecule has 1 aromatic heterocycles. The normalized spacial score (nSPS) is 12.6. The van der Waals surface area contributed by atoms with Crippen LogP contribution in [0.4, 0.5) is 0 Å². The standard InChI is InChI=1S/C13H15NOS3/c1-18(15)12-5-2-10(3-6-12)9-16-13-7-4-11(8-14)17-13/h2-7H,8-9,14H2,1H3. The molecule has 0 fully saturated rings. The second-order valence-corrected chi connectivity index (χ2v) is 7.64. The summed E-state index contributed by atoms with van der Waals surface area (Å²) < 4.78 is 12.6. The monoisotopic (exact) mass is 297 g/mol. The summed E-state index contributed by atoms with van der Waals surface area (Å²) in [6.07, 6.45) is 1.70. The van der Waals surface area contributed by atoms with E-state index in [2.05, 4.69) is 12.1 Å². The van der Waals surface area contributed by atoms with Crippen LogP contribution >= 0.6 is 23.1 Å². The van der Waals surface area contributed by atoms with Crippen LogP contribution in [-0.2, 0) is 23.1 Å². The topological polar surface area (TPSA) is 43.1 Å². The molecule has 1 atom stereocenters. The van der Waals surface area contributed by atoms with Crippen molar-refractivity contribution in [2.75, 3.05) is 6.26 Å². The third-order valence-electron chi connectivity index (χ3n) is 2.47. The van der Waals surface area contributed by atoms with Gasteiger partial charge in [0.2, 0.25) is 0 Å². The fraction of sp³-hybridized carbons (Fsp3) is 0.231. The minimum atomic E-state index is -0.894. The van der Waals surface area contributed by atoms with Gasteiger partial charge in [-0.05, 0) is 29.8 Å². The van der Waals surface area contributed by atoms with Gasteiger partial charge in [-0.25, -0.2) is 0 Å². The predicted molar refractivity (Wildman–Crippen MR) is 80.5 cm³/mol. The molecule has 2 rings (SSSR count). The van der Waals surface area contributed by atoms with E-state index in [1.165, 1.54) is 14.6 Å². The maximum absolute atomic E-state index is 11.3. The summed E-state index contributed by atoms with van der Waals surface area (Å²) in [6, 6.07) is 12.2. The number of rotatable bonds is 5. The van der Waals surface area contributed by atoms with E-state index < -0.39 is 10.8 Å². The summed E-state index contributed by atoms with van der Waals surface area (Å²) in [5.41, 5.74) is 6.83. The highest BCUT2D eigenvalue weighted by atomic mass is 32.2. The van der Waals surface area contributed by atoms with Gasteiger partial charge in [0.25, 0.3) is 0 Å². The molecule has 2 aromatic rings. The zero-order valence-electron chi connectivity index (χ0n) is 10.1. The van der Waals surface area contributed by atoms with Crippen molar-refractivity contribution in [1.82, 2.24) is 0 Å². The smallest absolute Gasteiger partial charge is 0.0605 e. The molecule has 1 aromatic carbocycles. The zero-order valence-corrected chi connectivity index (χ0v) is 12.5. The molecule has 0 spiro atoms. The fourth-order valence-electron chi connectivity index (χ4n) is 1.48. The highest BCUT2D eigenvalue weighted by molar-refractivity contribution is 8.00. The molecule has 0 aliphatic heterocycles. The average Bonchev–Trinajstić information content (AvgIpc) is 2.85. The second-order valence-electron chi connectivity index (χ2n) is 3.81. The lowest BCUT2D eigenvalue weighted by Crippen LogP contribution is -1.90. The van der Waals surface area contributed by atoms with Gasteiger partial charge in [0, 0.05) is 39.1 Å². The maximum Gasteiger partial charge on any atom is 0.0605 e. The highest BCUT2D eigenvalue weighted by Crippen LogP contribution is 2.29. The summed E-state index contributed by atoms with van der Waals surface area (Å²) in [5, 5.41) is 0. The number of hydrogen-bond acceptors (Lipinski definition) is 4. The number of thioether (sulfide) groups is 1. The first-order valence-corrected chi connectivity index (χ1v) is 8.89. The van der Waals surface area contributed by atoms with E-state index in [1.54, 1.807) is 17.6 Å². The minimum absolute atomic E-state index is 0.613. The second kappa shape index (κ2) is 6.52. The number of thiophene rings is 1. The average molecular weight is 297 g/mol. The number of hydrogen-bond donors (Lipinski definition) is 1. The molecule has 2 N–H and O–H groups in total. The molecule has 0 bridgehead atoms. The molecule has 0 aliphatic carbocycles. The van der Waals surface area contributed by atoms with Crippen molar-refractivity contribution in [2.24, 2.45) is 5.73 Å². The summed E-state index contributed by atoms with van der Waals surface area (Å²) in [5.74, 6) is 0.932. The first-order valence-electron chi connectivity index (χ1n) is 5.53. The van der Waals surface area contributed by atoms with E-state index in [9.17, 15) is 4.21 Å². The molecule has 0 amide bonds. The van der Waals surface area contributed by atoms with E-state index in [0.29, 0.717) is 6.54 Å². The molecule has 1 unspecified atom stereocenters. The van der Waals surface area contributed by atoms with Gasteiger partial charge in [0.1, 0.15) is 0 Å². The molecule has 18 heavy (non-hydrogen) atoms. The van der Waals surface area contributed by atoms with Crippen molar-refractivity contribution < 1.29 is 4.21 Å². The molecular formula is C13H15NOS3. The van der Waals surface area contributed by atoms with E-state index in [-0.39, 0.29) is 0 Å². The highest BCUT2D eigenvalue weighted by Gasteiger charge is 2.02. The SMILES string of the molecule is CS(=O)c1ccc(CSc2ccc(CN)s2)cc1. The van der Waals surface area contributed by atoms with E-state index in [4.69, 9.17) is 5.73 Å². The van der Waals surface area contributed by atoms with Crippen molar-refractivity contribution in [1.29, 1.82) is 0 Å². The van der Waals surface area contributed by atoms with Gasteiger partial charge in [0.15, 0.2) is 0 Å². The van der Waals surface area contributed by atoms with E-state index in [1.807, 2.05) is 36.0 Å². The van der Waals surface area contributed by atoms with Crippen LogP contribution in [0.15, 0.2) is 45.5 Å². The lowest BCUT2D eigenvalue weighted by Gasteiger charge is -2.01. The Labute approximate surface area is 118 Å². The van der Waals surface area contributed by atoms with Gasteiger partial charge in [-0.3, -0.25) is 4.21 Å². The Morgan fingerprint density at radius 3 is 2.50 bits per heavy atom. The molecular weight excluding hydrogens is 282 g/mol. The van der Waals surface area contributed by atoms with Crippen LogP contribution in [0.3, 0.4) is 0 Å². The van der Waals surface area contributed by atoms with Crippen molar-refractivity contribution in [3.05, 3.63) is 46.8 Å². The van der Waals surface area contributed by atoms with Crippen LogP contribution < -0.4 is 5.73 Å². The first kappa shape index (κ1) is 13.8. The van der Waals surface area contributed by atoms with Gasteiger partial charge < -0.3 is 5.73 Å². The van der Waals surface area contributed by atoms with Gasteiger partial charge in [-0.1, -0.05) is 12.1 Å². The molecule has 0 aliphatic rings. The van der Waals surface area contributed by atoms with Gasteiger partial charge in [0.05, 0.1) is 4.21 Å². The Hall–Kier alpha value is -0.620. The Kier molecular flexibility index (Phi) is 5.00. The largest absolute Gasteiger partial charge is 0.326 e. The fourth-order valence-corrected chi connectivity index (χ4v) is 4.01. The summed E-state index contributed by atoms with van der Waals surface area (Å²) in [4.78, 5) is 2.10. The van der Waals surface area contributed by atoms with Gasteiger partial charge in [-0.15, -0.1) is 23.1 Å². The molecule has 0 saturated heterocycles. The zero-order chi connectivity index (χ0) is 13.0. The quantitative estimate of drug-likeness (QED) is 0.862. The van der Waals surface area contributed by atoms with Crippen molar-refractivity contribution >= 4 is 33.9 Å². The summed E-state index contributed by atoms with van der Waals surface area (Å²) in [7, 11) is -0.894. The summed E-state index contributed by atoms with van der Waals surface area (Å²) >= 11 is 3.56. The van der Waals surface area contributed by atoms with Crippen LogP contribution in [0, 0.1) is 0 Å². The van der Waals surface area contributed by atoms with Crippen LogP contribution in [0.2, 0.25) is 0 Å². The van der Waals surface area contributed by atoms with E-state index in [0.717, 1.165) is 10.6 Å². The number of nitrogens with two attached hydrogens (primary N) is 1. The van der Waals surface area contributed by atoms with Crippen molar-refractivity contribution in [2.45, 2.75) is 21.4 Å². The molecule has 2 nitrogen and oxygen atoms in total. The maximum atomic E-state index is 11.3.